The van der Waals surface area contributed by atoms with Crippen LogP contribution in [0.15, 0.2) is 0 Å². The van der Waals surface area contributed by atoms with E-state index in [1.165, 1.54) is 13.3 Å². The fourth-order valence-corrected chi connectivity index (χ4v) is 0.567. The van der Waals surface area contributed by atoms with Crippen molar-refractivity contribution in [2.24, 2.45) is 0 Å². The normalized spacial score (nSPS) is 9.83. The molecule has 0 aliphatic heterocycles. The summed E-state index contributed by atoms with van der Waals surface area (Å²) in [5.74, 6) is 0.0495. The first kappa shape index (κ1) is 14.3. The molecule has 0 fully saturated rings. The summed E-state index contributed by atoms with van der Waals surface area (Å²) in [4.78, 5) is 10.4. The number of likely N-dealkylation sites (N-methyl/N-ethyl adjacent to an activating group) is 1. The molecule has 0 aliphatic rings. The predicted octanol–water partition coefficient (Wildman–Crippen LogP) is 0.684. The molecule has 1 amide bonds. The second kappa shape index (κ2) is 7.37. The Labute approximate surface area is 80.3 Å². The number of hydrogen-bond acceptors (Lipinski definition) is 1. The topological polar surface area (TPSA) is 29.1 Å². The second-order valence-corrected chi connectivity index (χ2v) is 3.50. The van der Waals surface area contributed by atoms with E-state index in [4.69, 9.17) is 0 Å². The molecule has 0 aliphatic carbocycles. The van der Waals surface area contributed by atoms with Gasteiger partial charge in [0.2, 0.25) is 5.91 Å². The number of quaternary nitrogens is 1. The van der Waals surface area contributed by atoms with Crippen LogP contribution in [-0.2, 0) is 4.79 Å². The van der Waals surface area contributed by atoms with Crippen molar-refractivity contribution in [2.45, 2.75) is 6.92 Å². The maximum absolute atomic E-state index is 10.4. The average Bonchev–Trinajstić information content (AvgIpc) is 1.88. The first-order valence-electron chi connectivity index (χ1n) is 3.84. The summed E-state index contributed by atoms with van der Waals surface area (Å²) < 4.78 is 0.889. The van der Waals surface area contributed by atoms with Crippen LogP contribution in [0.1, 0.15) is 6.92 Å². The lowest BCUT2D eigenvalue weighted by molar-refractivity contribution is -0.869. The van der Waals surface area contributed by atoms with Gasteiger partial charge in [-0.2, -0.15) is 0 Å². The molecule has 74 valence electrons. The van der Waals surface area contributed by atoms with E-state index < -0.39 is 0 Å². The van der Waals surface area contributed by atoms with Crippen LogP contribution in [0, 0.1) is 0 Å². The summed E-state index contributed by atoms with van der Waals surface area (Å²) in [6, 6.07) is 0. The highest BCUT2D eigenvalue weighted by atomic mass is 35.5. The fourth-order valence-electron chi connectivity index (χ4n) is 0.567. The average molecular weight is 196 g/mol. The van der Waals surface area contributed by atoms with Crippen LogP contribution in [-0.4, -0.2) is 51.0 Å². The van der Waals surface area contributed by atoms with Crippen molar-refractivity contribution in [2.75, 3.05) is 40.6 Å². The van der Waals surface area contributed by atoms with Crippen LogP contribution >= 0.6 is 11.6 Å². The van der Waals surface area contributed by atoms with Gasteiger partial charge < -0.3 is 9.80 Å². The molecule has 0 saturated heterocycles. The lowest BCUT2D eigenvalue weighted by atomic mass is 10.5. The van der Waals surface area contributed by atoms with Crippen molar-refractivity contribution >= 4 is 17.5 Å². The molecule has 12 heavy (non-hydrogen) atoms. The molecule has 3 nitrogen and oxygen atoms in total. The molecule has 0 heterocycles. The molecule has 0 rings (SSSR count). The van der Waals surface area contributed by atoms with Crippen LogP contribution in [0.4, 0.5) is 0 Å². The number of nitrogens with one attached hydrogen (secondary N) is 1. The predicted molar refractivity (Wildman–Crippen MR) is 53.4 cm³/mol. The van der Waals surface area contributed by atoms with E-state index in [1.807, 2.05) is 0 Å². The molecule has 0 aromatic heterocycles. The van der Waals surface area contributed by atoms with Crippen LogP contribution in [0.3, 0.4) is 0 Å². The summed E-state index contributed by atoms with van der Waals surface area (Å²) in [6.45, 7) is 3.27. The van der Waals surface area contributed by atoms with Gasteiger partial charge in [-0.25, -0.2) is 0 Å². The zero-order valence-corrected chi connectivity index (χ0v) is 9.40. The van der Waals surface area contributed by atoms with E-state index in [9.17, 15) is 4.79 Å². The molecule has 0 aromatic rings. The molecule has 0 saturated carbocycles. The minimum absolute atomic E-state index is 0.0495. The van der Waals surface area contributed by atoms with Gasteiger partial charge in [-0.3, -0.25) is 4.79 Å². The summed E-state index contributed by atoms with van der Waals surface area (Å²) in [6.07, 6.45) is 1.47. The summed E-state index contributed by atoms with van der Waals surface area (Å²) >= 11 is 4.64. The quantitative estimate of drug-likeness (QED) is 0.521. The van der Waals surface area contributed by atoms with Crippen molar-refractivity contribution < 1.29 is 9.28 Å². The highest BCUT2D eigenvalue weighted by Gasteiger charge is 2.05. The number of hydrogen-bond donors (Lipinski definition) is 1. The Balaban J connectivity index is 0. The van der Waals surface area contributed by atoms with E-state index >= 15 is 0 Å². The van der Waals surface area contributed by atoms with Crippen molar-refractivity contribution in [3.05, 3.63) is 0 Å². The molecule has 0 aromatic carbocycles. The highest BCUT2D eigenvalue weighted by molar-refractivity contribution is 6.15. The zero-order valence-electron chi connectivity index (χ0n) is 8.65. The van der Waals surface area contributed by atoms with Gasteiger partial charge in [-0.15, -0.1) is 11.6 Å². The molecule has 0 spiro atoms. The lowest BCUT2D eigenvalue weighted by Gasteiger charge is -2.23. The van der Waals surface area contributed by atoms with Crippen LogP contribution in [0.5, 0.6) is 0 Å². The molecular weight excluding hydrogens is 176 g/mol. The van der Waals surface area contributed by atoms with E-state index in [0.717, 1.165) is 17.6 Å². The Morgan fingerprint density at radius 1 is 1.33 bits per heavy atom. The van der Waals surface area contributed by atoms with Gasteiger partial charge in [-0.05, 0) is 0 Å². The number of carbonyl (C=O) groups is 1. The molecule has 0 radical (unpaired) electrons. The summed E-state index contributed by atoms with van der Waals surface area (Å²) in [5.41, 5.74) is 0. The molecule has 0 atom stereocenters. The smallest absolute Gasteiger partial charge is 0.217 e. The van der Waals surface area contributed by atoms with Gasteiger partial charge in [0.1, 0.15) is 0 Å². The third-order valence-electron chi connectivity index (χ3n) is 1.16. The van der Waals surface area contributed by atoms with E-state index in [2.05, 4.69) is 38.1 Å². The standard InChI is InChI=1S/C7H16N2O.CH3Cl/c1-7(10)8-5-6-9(2,3)4;1-2/h5-6H2,1-4H3;1H3/p+1. The van der Waals surface area contributed by atoms with Crippen LogP contribution in [0.2, 0.25) is 0 Å². The van der Waals surface area contributed by atoms with E-state index in [-0.39, 0.29) is 5.91 Å². The van der Waals surface area contributed by atoms with Gasteiger partial charge >= 0.3 is 0 Å². The van der Waals surface area contributed by atoms with Gasteiger partial charge in [-0.1, -0.05) is 0 Å². The Bertz CT molecular complexity index is 121. The van der Waals surface area contributed by atoms with Crippen LogP contribution < -0.4 is 5.32 Å². The molecule has 4 heteroatoms. The molecule has 0 bridgehead atoms. The van der Waals surface area contributed by atoms with Crippen molar-refractivity contribution in [3.8, 4) is 0 Å². The summed E-state index contributed by atoms with van der Waals surface area (Å²) in [7, 11) is 6.30. The van der Waals surface area contributed by atoms with Gasteiger partial charge in [0.15, 0.2) is 0 Å². The summed E-state index contributed by atoms with van der Waals surface area (Å²) in [5, 5.41) is 2.75. The largest absolute Gasteiger partial charge is 0.351 e. The first-order valence-corrected chi connectivity index (χ1v) is 4.60. The second-order valence-electron chi connectivity index (χ2n) is 3.50. The zero-order chi connectivity index (χ0) is 10.2. The lowest BCUT2D eigenvalue weighted by Crippen LogP contribution is -2.41. The van der Waals surface area contributed by atoms with E-state index in [1.54, 1.807) is 0 Å². The number of halogens is 1. The Hall–Kier alpha value is -0.280. The number of amides is 1. The molecule has 1 N–H and O–H groups in total. The monoisotopic (exact) mass is 195 g/mol. The van der Waals surface area contributed by atoms with Gasteiger partial charge in [0, 0.05) is 13.3 Å². The number of rotatable bonds is 3. The van der Waals surface area contributed by atoms with Gasteiger partial charge in [0.25, 0.3) is 0 Å². The third kappa shape index (κ3) is 16.4. The van der Waals surface area contributed by atoms with Crippen molar-refractivity contribution in [3.63, 3.8) is 0 Å². The first-order chi connectivity index (χ1) is 5.42. The number of alkyl halides is 1. The Morgan fingerprint density at radius 3 is 2.00 bits per heavy atom. The maximum Gasteiger partial charge on any atom is 0.217 e. The minimum atomic E-state index is 0.0495. The highest BCUT2D eigenvalue weighted by Crippen LogP contribution is 1.85. The molecular formula is C8H20ClN2O+. The van der Waals surface area contributed by atoms with Crippen molar-refractivity contribution in [1.29, 1.82) is 0 Å². The van der Waals surface area contributed by atoms with Gasteiger partial charge in [0.05, 0.1) is 34.2 Å². The number of carbonyl (C=O) groups excluding carboxylic acids is 1. The molecule has 0 unspecified atom stereocenters. The Morgan fingerprint density at radius 2 is 1.75 bits per heavy atom. The van der Waals surface area contributed by atoms with Crippen molar-refractivity contribution in [1.82, 2.24) is 5.32 Å². The number of nitrogens with zero attached hydrogens (tertiary/aromatic N) is 1. The Kier molecular flexibility index (Phi) is 8.76. The fraction of sp³-hybridized carbons (Fsp3) is 0.875. The maximum atomic E-state index is 10.4. The SMILES string of the molecule is CC(=O)NCC[N+](C)(C)C.CCl. The van der Waals surface area contributed by atoms with Crippen LogP contribution in [0.25, 0.3) is 0 Å². The van der Waals surface area contributed by atoms with E-state index in [0.29, 0.717) is 0 Å². The minimum Gasteiger partial charge on any atom is -0.351 e. The third-order valence-corrected chi connectivity index (χ3v) is 1.16.